The van der Waals surface area contributed by atoms with E-state index in [1.165, 1.54) is 32.4 Å². The molecule has 0 atom stereocenters. The van der Waals surface area contributed by atoms with E-state index in [1.54, 1.807) is 18.2 Å². The van der Waals surface area contributed by atoms with Gasteiger partial charge < -0.3 is 14.9 Å². The molecule has 1 aliphatic rings. The van der Waals surface area contributed by atoms with Crippen LogP contribution in [-0.2, 0) is 6.42 Å². The average Bonchev–Trinajstić information content (AvgIpc) is 2.76. The molecule has 156 valence electrons. The molecule has 1 aliphatic heterocycles. The van der Waals surface area contributed by atoms with Gasteiger partial charge in [0.15, 0.2) is 0 Å². The molecule has 4 rings (SSSR count). The van der Waals surface area contributed by atoms with Crippen LogP contribution >= 0.6 is 0 Å². The number of rotatable bonds is 7. The summed E-state index contributed by atoms with van der Waals surface area (Å²) in [4.78, 5) is 2.47. The molecule has 4 heteroatoms. The van der Waals surface area contributed by atoms with Gasteiger partial charge in [0.25, 0.3) is 0 Å². The normalized spacial score (nSPS) is 14.5. The Morgan fingerprint density at radius 2 is 1.57 bits per heavy atom. The summed E-state index contributed by atoms with van der Waals surface area (Å²) in [6, 6.07) is 20.8. The predicted octanol–water partition coefficient (Wildman–Crippen LogP) is 5.22. The molecule has 30 heavy (non-hydrogen) atoms. The van der Waals surface area contributed by atoms with Gasteiger partial charge in [0.2, 0.25) is 0 Å². The lowest BCUT2D eigenvalue weighted by Crippen LogP contribution is -2.33. The van der Waals surface area contributed by atoms with Crippen LogP contribution in [0.15, 0.2) is 66.7 Å². The Morgan fingerprint density at radius 1 is 0.800 bits per heavy atom. The van der Waals surface area contributed by atoms with Crippen LogP contribution in [0.3, 0.4) is 0 Å². The number of hydrogen-bond donors (Lipinski definition) is 2. The summed E-state index contributed by atoms with van der Waals surface area (Å²) in [6.07, 6.45) is 4.63. The Hall–Kier alpha value is -2.98. The van der Waals surface area contributed by atoms with Gasteiger partial charge in [0.05, 0.1) is 0 Å². The lowest BCUT2D eigenvalue weighted by molar-refractivity contribution is 0.183. The summed E-state index contributed by atoms with van der Waals surface area (Å²) >= 11 is 0. The van der Waals surface area contributed by atoms with Gasteiger partial charge in [-0.15, -0.1) is 0 Å². The van der Waals surface area contributed by atoms with Gasteiger partial charge in [-0.3, -0.25) is 4.90 Å². The minimum absolute atomic E-state index is 0.258. The fraction of sp³-hybridized carbons (Fsp3) is 0.308. The van der Waals surface area contributed by atoms with Crippen LogP contribution < -0.4 is 4.74 Å². The first-order chi connectivity index (χ1) is 14.7. The monoisotopic (exact) mass is 403 g/mol. The van der Waals surface area contributed by atoms with Crippen LogP contribution in [-0.4, -0.2) is 41.4 Å². The number of likely N-dealkylation sites (tertiary alicyclic amines) is 1. The summed E-state index contributed by atoms with van der Waals surface area (Å²) in [7, 11) is 0. The molecule has 0 amide bonds. The van der Waals surface area contributed by atoms with E-state index < -0.39 is 0 Å². The zero-order valence-electron chi connectivity index (χ0n) is 17.3. The number of phenols is 2. The van der Waals surface area contributed by atoms with Gasteiger partial charge in [-0.1, -0.05) is 36.8 Å². The van der Waals surface area contributed by atoms with Gasteiger partial charge >= 0.3 is 0 Å². The van der Waals surface area contributed by atoms with Gasteiger partial charge in [0, 0.05) is 12.1 Å². The van der Waals surface area contributed by atoms with Crippen molar-refractivity contribution in [1.29, 1.82) is 0 Å². The van der Waals surface area contributed by atoms with E-state index in [4.69, 9.17) is 4.74 Å². The van der Waals surface area contributed by atoms with Crippen LogP contribution in [0.4, 0.5) is 0 Å². The van der Waals surface area contributed by atoms with Crippen molar-refractivity contribution >= 4 is 0 Å². The first-order valence-electron chi connectivity index (χ1n) is 10.7. The van der Waals surface area contributed by atoms with Crippen LogP contribution in [0.25, 0.3) is 11.1 Å². The molecule has 1 fully saturated rings. The number of benzene rings is 3. The number of ether oxygens (including phenoxy) is 1. The zero-order chi connectivity index (χ0) is 20.8. The van der Waals surface area contributed by atoms with Crippen molar-refractivity contribution in [2.24, 2.45) is 0 Å². The SMILES string of the molecule is Oc1cccc(Cc2ccc(O)c(-c3ccc(OCCN4CCCCC4)cc3)c2)c1. The van der Waals surface area contributed by atoms with Crippen molar-refractivity contribution < 1.29 is 14.9 Å². The molecule has 3 aromatic carbocycles. The van der Waals surface area contributed by atoms with E-state index in [2.05, 4.69) is 4.90 Å². The van der Waals surface area contributed by atoms with Crippen molar-refractivity contribution in [2.75, 3.05) is 26.2 Å². The summed E-state index contributed by atoms with van der Waals surface area (Å²) in [5.41, 5.74) is 3.86. The molecular weight excluding hydrogens is 374 g/mol. The number of aromatic hydroxyl groups is 2. The third-order valence-electron chi connectivity index (χ3n) is 5.67. The first-order valence-corrected chi connectivity index (χ1v) is 10.7. The molecule has 0 saturated carbocycles. The first kappa shape index (κ1) is 20.3. The molecule has 0 unspecified atom stereocenters. The third-order valence-corrected chi connectivity index (χ3v) is 5.67. The summed E-state index contributed by atoms with van der Waals surface area (Å²) in [6.45, 7) is 4.03. The second-order valence-electron chi connectivity index (χ2n) is 7.97. The van der Waals surface area contributed by atoms with Crippen molar-refractivity contribution in [2.45, 2.75) is 25.7 Å². The van der Waals surface area contributed by atoms with E-state index in [9.17, 15) is 10.2 Å². The topological polar surface area (TPSA) is 52.9 Å². The second-order valence-corrected chi connectivity index (χ2v) is 7.97. The van der Waals surface area contributed by atoms with E-state index >= 15 is 0 Å². The van der Waals surface area contributed by atoms with Crippen molar-refractivity contribution in [3.63, 3.8) is 0 Å². The number of hydrogen-bond acceptors (Lipinski definition) is 4. The highest BCUT2D eigenvalue weighted by Gasteiger charge is 2.10. The van der Waals surface area contributed by atoms with Crippen LogP contribution in [0.5, 0.6) is 17.2 Å². The lowest BCUT2D eigenvalue weighted by Gasteiger charge is -2.26. The fourth-order valence-corrected chi connectivity index (χ4v) is 4.03. The predicted molar refractivity (Wildman–Crippen MR) is 120 cm³/mol. The zero-order valence-corrected chi connectivity index (χ0v) is 17.3. The van der Waals surface area contributed by atoms with E-state index in [0.717, 1.165) is 34.5 Å². The van der Waals surface area contributed by atoms with Gasteiger partial charge in [-0.25, -0.2) is 0 Å². The molecule has 0 radical (unpaired) electrons. The van der Waals surface area contributed by atoms with Crippen LogP contribution in [0, 0.1) is 0 Å². The van der Waals surface area contributed by atoms with Gasteiger partial charge in [0.1, 0.15) is 23.9 Å². The maximum Gasteiger partial charge on any atom is 0.123 e. The fourth-order valence-electron chi connectivity index (χ4n) is 4.03. The van der Waals surface area contributed by atoms with E-state index in [-0.39, 0.29) is 11.5 Å². The maximum atomic E-state index is 10.4. The minimum atomic E-state index is 0.258. The summed E-state index contributed by atoms with van der Waals surface area (Å²) < 4.78 is 5.92. The molecule has 3 aromatic rings. The summed E-state index contributed by atoms with van der Waals surface area (Å²) in [5.74, 6) is 1.38. The standard InChI is InChI=1S/C26H29NO3/c28-23-6-4-5-20(18-23)17-21-7-12-26(29)25(19-21)22-8-10-24(11-9-22)30-16-15-27-13-2-1-3-14-27/h4-12,18-19,28-29H,1-3,13-17H2. The molecule has 2 N–H and O–H groups in total. The second kappa shape index (κ2) is 9.68. The molecule has 1 heterocycles. The highest BCUT2D eigenvalue weighted by Crippen LogP contribution is 2.32. The molecular formula is C26H29NO3. The number of phenolic OH excluding ortho intramolecular Hbond substituents is 2. The van der Waals surface area contributed by atoms with Crippen LogP contribution in [0.1, 0.15) is 30.4 Å². The Bertz CT molecular complexity index is 962. The Morgan fingerprint density at radius 3 is 2.33 bits per heavy atom. The molecule has 1 saturated heterocycles. The maximum absolute atomic E-state index is 10.4. The number of nitrogens with zero attached hydrogens (tertiary/aromatic N) is 1. The van der Waals surface area contributed by atoms with Gasteiger partial charge in [-0.05, 0) is 85.4 Å². The Kier molecular flexibility index (Phi) is 6.55. The molecule has 0 spiro atoms. The average molecular weight is 404 g/mol. The highest BCUT2D eigenvalue weighted by molar-refractivity contribution is 5.71. The largest absolute Gasteiger partial charge is 0.508 e. The quantitative estimate of drug-likeness (QED) is 0.568. The molecule has 0 bridgehead atoms. The lowest BCUT2D eigenvalue weighted by atomic mass is 9.98. The van der Waals surface area contributed by atoms with Crippen molar-refractivity contribution in [3.8, 4) is 28.4 Å². The van der Waals surface area contributed by atoms with E-state index in [0.29, 0.717) is 13.0 Å². The summed E-state index contributed by atoms with van der Waals surface area (Å²) in [5, 5.41) is 20.1. The third kappa shape index (κ3) is 5.33. The Labute approximate surface area is 178 Å². The minimum Gasteiger partial charge on any atom is -0.508 e. The number of piperidine rings is 1. The molecule has 0 aliphatic carbocycles. The van der Waals surface area contributed by atoms with Crippen LogP contribution in [0.2, 0.25) is 0 Å². The highest BCUT2D eigenvalue weighted by atomic mass is 16.5. The smallest absolute Gasteiger partial charge is 0.123 e. The van der Waals surface area contributed by atoms with E-state index in [1.807, 2.05) is 48.5 Å². The Balaban J connectivity index is 1.40. The molecule has 0 aromatic heterocycles. The van der Waals surface area contributed by atoms with Crippen molar-refractivity contribution in [1.82, 2.24) is 4.90 Å². The van der Waals surface area contributed by atoms with Crippen molar-refractivity contribution in [3.05, 3.63) is 77.9 Å². The molecule has 4 nitrogen and oxygen atoms in total. The van der Waals surface area contributed by atoms with Gasteiger partial charge in [-0.2, -0.15) is 0 Å².